The van der Waals surface area contributed by atoms with E-state index < -0.39 is 5.60 Å². The van der Waals surface area contributed by atoms with Crippen LogP contribution in [0.4, 0.5) is 4.79 Å². The molecule has 10 nitrogen and oxygen atoms in total. The van der Waals surface area contributed by atoms with E-state index in [1.165, 1.54) is 6.07 Å². The Morgan fingerprint density at radius 3 is 2.49 bits per heavy atom. The maximum Gasteiger partial charge on any atom is 0.410 e. The molecule has 10 heteroatoms. The molecule has 1 aromatic carbocycles. The van der Waals surface area contributed by atoms with E-state index in [9.17, 15) is 9.59 Å². The van der Waals surface area contributed by atoms with Crippen molar-refractivity contribution in [1.82, 2.24) is 24.6 Å². The minimum Gasteiger partial charge on any atom is -0.490 e. The first kappa shape index (κ1) is 28.1. The zero-order valence-electron chi connectivity index (χ0n) is 23.9. The van der Waals surface area contributed by atoms with Gasteiger partial charge in [0.05, 0.1) is 31.2 Å². The molecule has 0 radical (unpaired) electrons. The van der Waals surface area contributed by atoms with Crippen molar-refractivity contribution in [3.8, 4) is 28.5 Å². The van der Waals surface area contributed by atoms with Gasteiger partial charge in [-0.3, -0.25) is 4.79 Å². The van der Waals surface area contributed by atoms with Gasteiger partial charge in [-0.15, -0.1) is 0 Å². The first-order valence-corrected chi connectivity index (χ1v) is 13.8. The average Bonchev–Trinajstić information content (AvgIpc) is 3.39. The zero-order valence-corrected chi connectivity index (χ0v) is 23.9. The number of rotatable bonds is 7. The molecule has 0 spiro atoms. The number of pyridine rings is 1. The number of hydrogen-bond acceptors (Lipinski definition) is 8. The van der Waals surface area contributed by atoms with Crippen LogP contribution >= 0.6 is 0 Å². The second kappa shape index (κ2) is 12.0. The topological polar surface area (TPSA) is 113 Å². The van der Waals surface area contributed by atoms with Gasteiger partial charge in [0, 0.05) is 42.5 Å². The van der Waals surface area contributed by atoms with Crippen LogP contribution in [0.15, 0.2) is 70.4 Å². The maximum absolute atomic E-state index is 12.5. The summed E-state index contributed by atoms with van der Waals surface area (Å²) in [5.41, 5.74) is 2.75. The van der Waals surface area contributed by atoms with Crippen molar-refractivity contribution in [2.75, 3.05) is 19.7 Å². The van der Waals surface area contributed by atoms with Gasteiger partial charge in [0.25, 0.3) is 5.56 Å². The molecule has 0 aliphatic carbocycles. The SMILES string of the molecule is Cc1cc(-c2ccc(=O)n(Cc3cccc(-c4ncc(OCC5CCN(C(=O)OC(C)(C)C)CC5)cn4)c3)c2)on1. The van der Waals surface area contributed by atoms with Crippen LogP contribution in [0.5, 0.6) is 5.75 Å². The molecule has 4 heterocycles. The molecule has 1 fully saturated rings. The van der Waals surface area contributed by atoms with Crippen molar-refractivity contribution in [2.45, 2.75) is 52.7 Å². The largest absolute Gasteiger partial charge is 0.490 e. The summed E-state index contributed by atoms with van der Waals surface area (Å²) < 4.78 is 18.4. The Labute approximate surface area is 238 Å². The number of likely N-dealkylation sites (tertiary alicyclic amines) is 1. The van der Waals surface area contributed by atoms with Gasteiger partial charge in [-0.2, -0.15) is 0 Å². The first-order chi connectivity index (χ1) is 19.6. The molecule has 1 saturated heterocycles. The summed E-state index contributed by atoms with van der Waals surface area (Å²) >= 11 is 0. The van der Waals surface area contributed by atoms with E-state index in [2.05, 4.69) is 15.1 Å². The molecular weight excluding hydrogens is 522 g/mol. The summed E-state index contributed by atoms with van der Waals surface area (Å²) in [5, 5.41) is 3.93. The standard InChI is InChI=1S/C31H35N5O5/c1-21-14-27(41-34-21)25-8-9-28(37)36(19-25)18-23-6-5-7-24(15-23)29-32-16-26(17-33-29)39-20-22-10-12-35(13-11-22)30(38)40-31(2,3)4/h5-9,14-17,19,22H,10-13,18,20H2,1-4H3. The lowest BCUT2D eigenvalue weighted by Crippen LogP contribution is -2.42. The number of carbonyl (C=O) groups excluding carboxylic acids is 1. The van der Waals surface area contributed by atoms with Crippen LogP contribution in [0, 0.1) is 12.8 Å². The normalized spacial score (nSPS) is 14.2. The van der Waals surface area contributed by atoms with Crippen molar-refractivity contribution in [3.05, 3.63) is 82.7 Å². The fraction of sp³-hybridized carbons (Fsp3) is 0.387. The summed E-state index contributed by atoms with van der Waals surface area (Å²) in [6, 6.07) is 12.9. The average molecular weight is 558 g/mol. The van der Waals surface area contributed by atoms with E-state index >= 15 is 0 Å². The number of piperidine rings is 1. The van der Waals surface area contributed by atoms with Crippen molar-refractivity contribution in [2.24, 2.45) is 5.92 Å². The number of nitrogens with zero attached hydrogens (tertiary/aromatic N) is 5. The van der Waals surface area contributed by atoms with E-state index in [0.717, 1.165) is 35.2 Å². The molecule has 4 aromatic rings. The van der Waals surface area contributed by atoms with Crippen LogP contribution in [0.3, 0.4) is 0 Å². The lowest BCUT2D eigenvalue weighted by atomic mass is 9.98. The predicted molar refractivity (Wildman–Crippen MR) is 154 cm³/mol. The minimum atomic E-state index is -0.492. The van der Waals surface area contributed by atoms with Gasteiger partial charge in [0.15, 0.2) is 17.3 Å². The van der Waals surface area contributed by atoms with Gasteiger partial charge < -0.3 is 23.5 Å². The fourth-order valence-corrected chi connectivity index (χ4v) is 4.67. The van der Waals surface area contributed by atoms with Crippen LogP contribution in [0.1, 0.15) is 44.9 Å². The van der Waals surface area contributed by atoms with Crippen LogP contribution < -0.4 is 10.3 Å². The molecule has 0 bridgehead atoms. The molecule has 1 aliphatic rings. The minimum absolute atomic E-state index is 0.108. The third kappa shape index (κ3) is 7.39. The fourth-order valence-electron chi connectivity index (χ4n) is 4.67. The summed E-state index contributed by atoms with van der Waals surface area (Å²) in [5.74, 6) is 2.14. The molecule has 214 valence electrons. The number of aryl methyl sites for hydroxylation is 1. The van der Waals surface area contributed by atoms with E-state index in [-0.39, 0.29) is 11.7 Å². The molecule has 0 unspecified atom stereocenters. The van der Waals surface area contributed by atoms with Crippen LogP contribution in [0.25, 0.3) is 22.7 Å². The first-order valence-electron chi connectivity index (χ1n) is 13.8. The van der Waals surface area contributed by atoms with Crippen LogP contribution in [0.2, 0.25) is 0 Å². The van der Waals surface area contributed by atoms with Gasteiger partial charge in [-0.1, -0.05) is 23.4 Å². The molecule has 3 aromatic heterocycles. The Morgan fingerprint density at radius 1 is 1.05 bits per heavy atom. The lowest BCUT2D eigenvalue weighted by molar-refractivity contribution is 0.0165. The van der Waals surface area contributed by atoms with E-state index in [1.807, 2.05) is 58.0 Å². The highest BCUT2D eigenvalue weighted by Gasteiger charge is 2.27. The van der Waals surface area contributed by atoms with Crippen LogP contribution in [-0.4, -0.2) is 56.0 Å². The summed E-state index contributed by atoms with van der Waals surface area (Å²) in [7, 11) is 0. The molecule has 41 heavy (non-hydrogen) atoms. The molecule has 5 rings (SSSR count). The lowest BCUT2D eigenvalue weighted by Gasteiger charge is -2.33. The van der Waals surface area contributed by atoms with Crippen molar-refractivity contribution >= 4 is 6.09 Å². The van der Waals surface area contributed by atoms with Gasteiger partial charge >= 0.3 is 6.09 Å². The van der Waals surface area contributed by atoms with Crippen molar-refractivity contribution in [1.29, 1.82) is 0 Å². The van der Waals surface area contributed by atoms with E-state index in [0.29, 0.717) is 49.5 Å². The number of ether oxygens (including phenoxy) is 2. The summed E-state index contributed by atoms with van der Waals surface area (Å²) in [6.07, 6.45) is 6.59. The number of aromatic nitrogens is 4. The smallest absolute Gasteiger partial charge is 0.410 e. The second-order valence-corrected chi connectivity index (χ2v) is 11.4. The van der Waals surface area contributed by atoms with Crippen molar-refractivity contribution < 1.29 is 18.8 Å². The third-order valence-corrected chi connectivity index (χ3v) is 6.81. The molecule has 1 aliphatic heterocycles. The quantitative estimate of drug-likeness (QED) is 0.299. The molecular formula is C31H35N5O5. The zero-order chi connectivity index (χ0) is 29.0. The highest BCUT2D eigenvalue weighted by atomic mass is 16.6. The molecule has 0 saturated carbocycles. The van der Waals surface area contributed by atoms with Crippen LogP contribution in [-0.2, 0) is 11.3 Å². The highest BCUT2D eigenvalue weighted by Crippen LogP contribution is 2.23. The Morgan fingerprint density at radius 2 is 1.80 bits per heavy atom. The predicted octanol–water partition coefficient (Wildman–Crippen LogP) is 5.34. The van der Waals surface area contributed by atoms with Gasteiger partial charge in [0.2, 0.25) is 0 Å². The number of hydrogen-bond donors (Lipinski definition) is 0. The van der Waals surface area contributed by atoms with Gasteiger partial charge in [-0.05, 0) is 64.2 Å². The molecule has 1 amide bonds. The summed E-state index contributed by atoms with van der Waals surface area (Å²) in [6.45, 7) is 9.73. The highest BCUT2D eigenvalue weighted by molar-refractivity contribution is 5.68. The van der Waals surface area contributed by atoms with E-state index in [4.69, 9.17) is 14.0 Å². The number of carbonyl (C=O) groups is 1. The Balaban J connectivity index is 1.17. The van der Waals surface area contributed by atoms with Crippen molar-refractivity contribution in [3.63, 3.8) is 0 Å². The molecule has 0 atom stereocenters. The maximum atomic E-state index is 12.5. The third-order valence-electron chi connectivity index (χ3n) is 6.81. The Hall–Kier alpha value is -4.47. The Kier molecular flexibility index (Phi) is 8.19. The van der Waals surface area contributed by atoms with E-state index in [1.54, 1.807) is 34.1 Å². The second-order valence-electron chi connectivity index (χ2n) is 11.4. The number of benzene rings is 1. The molecule has 0 N–H and O–H groups in total. The monoisotopic (exact) mass is 557 g/mol. The summed E-state index contributed by atoms with van der Waals surface area (Å²) in [4.78, 5) is 35.6. The van der Waals surface area contributed by atoms with Gasteiger partial charge in [0.1, 0.15) is 5.60 Å². The number of amides is 1. The van der Waals surface area contributed by atoms with Gasteiger partial charge in [-0.25, -0.2) is 14.8 Å². The Bertz CT molecular complexity index is 1550.